The van der Waals surface area contributed by atoms with Gasteiger partial charge in [-0.1, -0.05) is 28.9 Å². The summed E-state index contributed by atoms with van der Waals surface area (Å²) in [7, 11) is 0. The van der Waals surface area contributed by atoms with Crippen molar-refractivity contribution in [3.8, 4) is 17.1 Å². The van der Waals surface area contributed by atoms with Gasteiger partial charge in [-0.05, 0) is 67.9 Å². The summed E-state index contributed by atoms with van der Waals surface area (Å²) >= 11 is 6.02. The van der Waals surface area contributed by atoms with Crippen LogP contribution in [0.25, 0.3) is 17.0 Å². The van der Waals surface area contributed by atoms with Crippen LogP contribution in [-0.4, -0.2) is 27.7 Å². The quantitative estimate of drug-likeness (QED) is 0.337. The van der Waals surface area contributed by atoms with Gasteiger partial charge in [0.2, 0.25) is 5.82 Å². The molecule has 1 aliphatic rings. The molecular formula is C26H23ClN4O4. The van der Waals surface area contributed by atoms with Gasteiger partial charge in [0.25, 0.3) is 5.89 Å². The molecule has 9 heteroatoms. The van der Waals surface area contributed by atoms with Crippen LogP contribution in [0.15, 0.2) is 81.6 Å². The minimum Gasteiger partial charge on any atom is -0.494 e. The smallest absolute Gasteiger partial charge is 0.322 e. The number of carbonyl (C=O) groups excluding carboxylic acids is 1. The number of carbonyl (C=O) groups is 1. The molecule has 0 saturated carbocycles. The SMILES string of the molecule is CCOc1ccc(C2NC(=O)N(Cc3ccco3)C(C)=C2c2nc(-c3ccc(Cl)cc3)no2)cc1. The molecule has 178 valence electrons. The molecule has 1 aliphatic heterocycles. The van der Waals surface area contributed by atoms with Crippen molar-refractivity contribution >= 4 is 23.2 Å². The fourth-order valence-electron chi connectivity index (χ4n) is 4.03. The van der Waals surface area contributed by atoms with Crippen molar-refractivity contribution in [3.05, 3.63) is 94.9 Å². The molecule has 35 heavy (non-hydrogen) atoms. The number of ether oxygens (including phenoxy) is 1. The fraction of sp³-hybridized carbons (Fsp3) is 0.192. The van der Waals surface area contributed by atoms with E-state index in [4.69, 9.17) is 25.3 Å². The lowest BCUT2D eigenvalue weighted by atomic mass is 9.94. The summed E-state index contributed by atoms with van der Waals surface area (Å²) < 4.78 is 16.8. The molecule has 0 spiro atoms. The molecule has 0 fully saturated rings. The molecule has 0 saturated heterocycles. The third kappa shape index (κ3) is 4.65. The van der Waals surface area contributed by atoms with Crippen LogP contribution in [0.1, 0.15) is 37.1 Å². The van der Waals surface area contributed by atoms with Gasteiger partial charge in [-0.15, -0.1) is 0 Å². The van der Waals surface area contributed by atoms with E-state index in [2.05, 4.69) is 15.5 Å². The Labute approximate surface area is 207 Å². The maximum Gasteiger partial charge on any atom is 0.322 e. The molecule has 0 radical (unpaired) electrons. The zero-order chi connectivity index (χ0) is 24.4. The van der Waals surface area contributed by atoms with Gasteiger partial charge in [0, 0.05) is 16.3 Å². The summed E-state index contributed by atoms with van der Waals surface area (Å²) in [4.78, 5) is 19.4. The average molecular weight is 491 g/mol. The van der Waals surface area contributed by atoms with Crippen LogP contribution in [0.4, 0.5) is 4.79 Å². The van der Waals surface area contributed by atoms with Crippen molar-refractivity contribution in [1.29, 1.82) is 0 Å². The monoisotopic (exact) mass is 490 g/mol. The standard InChI is InChI=1S/C26H23ClN4O4/c1-3-33-20-12-8-17(9-13-20)23-22(16(2)31(26(32)28-23)15-21-5-4-14-34-21)25-29-24(30-35-25)18-6-10-19(27)11-7-18/h4-14,23H,3,15H2,1-2H3,(H,28,32). The molecule has 3 heterocycles. The minimum absolute atomic E-state index is 0.251. The van der Waals surface area contributed by atoms with Crippen molar-refractivity contribution in [1.82, 2.24) is 20.4 Å². The first-order valence-corrected chi connectivity index (χ1v) is 11.5. The molecule has 8 nitrogen and oxygen atoms in total. The number of allylic oxidation sites excluding steroid dienone is 1. The number of benzene rings is 2. The Morgan fingerprint density at radius 3 is 2.57 bits per heavy atom. The first-order chi connectivity index (χ1) is 17.0. The Kier molecular flexibility index (Phi) is 6.29. The number of rotatable bonds is 7. The zero-order valence-electron chi connectivity index (χ0n) is 19.2. The molecular weight excluding hydrogens is 468 g/mol. The van der Waals surface area contributed by atoms with E-state index in [1.165, 1.54) is 0 Å². The topological polar surface area (TPSA) is 93.6 Å². The van der Waals surface area contributed by atoms with Crippen LogP contribution < -0.4 is 10.1 Å². The third-order valence-corrected chi connectivity index (χ3v) is 6.03. The highest BCUT2D eigenvalue weighted by atomic mass is 35.5. The van der Waals surface area contributed by atoms with E-state index in [-0.39, 0.29) is 12.6 Å². The van der Waals surface area contributed by atoms with Gasteiger partial charge in [0.1, 0.15) is 11.5 Å². The highest BCUT2D eigenvalue weighted by Crippen LogP contribution is 2.38. The molecule has 2 aromatic carbocycles. The maximum atomic E-state index is 13.2. The maximum absolute atomic E-state index is 13.2. The Balaban J connectivity index is 1.57. The largest absolute Gasteiger partial charge is 0.494 e. The summed E-state index contributed by atoms with van der Waals surface area (Å²) in [6.07, 6.45) is 1.58. The van der Waals surface area contributed by atoms with Crippen molar-refractivity contribution in [2.24, 2.45) is 0 Å². The predicted octanol–water partition coefficient (Wildman–Crippen LogP) is 6.08. The molecule has 5 rings (SSSR count). The van der Waals surface area contributed by atoms with Crippen molar-refractivity contribution in [3.63, 3.8) is 0 Å². The van der Waals surface area contributed by atoms with Crippen molar-refractivity contribution < 1.29 is 18.5 Å². The summed E-state index contributed by atoms with van der Waals surface area (Å²) in [6, 6.07) is 17.6. The van der Waals surface area contributed by atoms with Gasteiger partial charge < -0.3 is 19.0 Å². The van der Waals surface area contributed by atoms with E-state index < -0.39 is 6.04 Å². The number of urea groups is 1. The third-order valence-electron chi connectivity index (χ3n) is 5.77. The highest BCUT2D eigenvalue weighted by Gasteiger charge is 2.36. The number of hydrogen-bond donors (Lipinski definition) is 1. The summed E-state index contributed by atoms with van der Waals surface area (Å²) in [5.41, 5.74) is 3.02. The number of amides is 2. The van der Waals surface area contributed by atoms with Crippen LogP contribution in [0, 0.1) is 0 Å². The lowest BCUT2D eigenvalue weighted by molar-refractivity contribution is 0.199. The van der Waals surface area contributed by atoms with Crippen molar-refractivity contribution in [2.75, 3.05) is 6.61 Å². The average Bonchev–Trinajstić information content (AvgIpc) is 3.55. The summed E-state index contributed by atoms with van der Waals surface area (Å²) in [6.45, 7) is 4.63. The molecule has 1 atom stereocenters. The van der Waals surface area contributed by atoms with E-state index in [0.29, 0.717) is 40.4 Å². The second-order valence-corrected chi connectivity index (χ2v) is 8.42. The lowest BCUT2D eigenvalue weighted by Crippen LogP contribution is -2.45. The highest BCUT2D eigenvalue weighted by molar-refractivity contribution is 6.30. The van der Waals surface area contributed by atoms with Crippen LogP contribution in [-0.2, 0) is 6.54 Å². The normalized spacial score (nSPS) is 15.9. The van der Waals surface area contributed by atoms with Crippen LogP contribution in [0.5, 0.6) is 5.75 Å². The molecule has 1 N–H and O–H groups in total. The molecule has 0 aliphatic carbocycles. The van der Waals surface area contributed by atoms with E-state index >= 15 is 0 Å². The number of hydrogen-bond acceptors (Lipinski definition) is 6. The predicted molar refractivity (Wildman–Crippen MR) is 130 cm³/mol. The van der Waals surface area contributed by atoms with E-state index in [0.717, 1.165) is 16.9 Å². The first kappa shape index (κ1) is 22.7. The van der Waals surface area contributed by atoms with E-state index in [1.807, 2.05) is 56.3 Å². The van der Waals surface area contributed by atoms with Crippen LogP contribution in [0.2, 0.25) is 5.02 Å². The number of furan rings is 1. The van der Waals surface area contributed by atoms with Crippen molar-refractivity contribution in [2.45, 2.75) is 26.4 Å². The minimum atomic E-state index is -0.496. The number of halogens is 1. The van der Waals surface area contributed by atoms with E-state index in [1.54, 1.807) is 29.4 Å². The second-order valence-electron chi connectivity index (χ2n) is 7.98. The molecule has 2 amide bonds. The number of nitrogens with one attached hydrogen (secondary N) is 1. The second kappa shape index (κ2) is 9.68. The van der Waals surface area contributed by atoms with E-state index in [9.17, 15) is 4.79 Å². The van der Waals surface area contributed by atoms with Gasteiger partial charge in [0.05, 0.1) is 31.0 Å². The first-order valence-electron chi connectivity index (χ1n) is 11.2. The van der Waals surface area contributed by atoms with Crippen LogP contribution in [0.3, 0.4) is 0 Å². The van der Waals surface area contributed by atoms with Crippen LogP contribution >= 0.6 is 11.6 Å². The molecule has 4 aromatic rings. The number of nitrogens with zero attached hydrogens (tertiary/aromatic N) is 3. The molecule has 2 aromatic heterocycles. The van der Waals surface area contributed by atoms with Gasteiger partial charge in [-0.25, -0.2) is 4.79 Å². The Hall–Kier alpha value is -4.04. The zero-order valence-corrected chi connectivity index (χ0v) is 20.0. The molecule has 0 bridgehead atoms. The lowest BCUT2D eigenvalue weighted by Gasteiger charge is -2.34. The van der Waals surface area contributed by atoms with Gasteiger partial charge in [-0.3, -0.25) is 4.90 Å². The molecule has 1 unspecified atom stereocenters. The Morgan fingerprint density at radius 2 is 1.89 bits per heavy atom. The van der Waals surface area contributed by atoms with Gasteiger partial charge >= 0.3 is 6.03 Å². The summed E-state index contributed by atoms with van der Waals surface area (Å²) in [5.74, 6) is 2.15. The van der Waals surface area contributed by atoms with Gasteiger partial charge in [0.15, 0.2) is 0 Å². The van der Waals surface area contributed by atoms with Gasteiger partial charge in [-0.2, -0.15) is 4.98 Å². The Morgan fingerprint density at radius 1 is 1.11 bits per heavy atom. The Bertz CT molecular complexity index is 1350. The summed E-state index contributed by atoms with van der Waals surface area (Å²) in [5, 5.41) is 7.88. The number of aromatic nitrogens is 2. The fourth-order valence-corrected chi connectivity index (χ4v) is 4.16.